The van der Waals surface area contributed by atoms with Gasteiger partial charge in [-0.05, 0) is 55.7 Å². The van der Waals surface area contributed by atoms with Gasteiger partial charge in [0.05, 0.1) is 17.5 Å². The molecule has 1 aromatic heterocycles. The first kappa shape index (κ1) is 17.5. The Bertz CT molecular complexity index is 989. The van der Waals surface area contributed by atoms with E-state index in [9.17, 15) is 9.59 Å². The van der Waals surface area contributed by atoms with Crippen molar-refractivity contribution in [1.29, 1.82) is 0 Å². The van der Waals surface area contributed by atoms with Crippen molar-refractivity contribution in [3.8, 4) is 5.75 Å². The first-order valence-corrected chi connectivity index (χ1v) is 8.87. The Balaban J connectivity index is 1.66. The molecule has 3 aromatic rings. The van der Waals surface area contributed by atoms with Crippen LogP contribution in [-0.4, -0.2) is 11.2 Å². The summed E-state index contributed by atoms with van der Waals surface area (Å²) in [5, 5.41) is 0.436. The molecule has 0 bridgehead atoms. The minimum atomic E-state index is -0.611. The summed E-state index contributed by atoms with van der Waals surface area (Å²) >= 11 is 3.38. The molecule has 2 aromatic carbocycles. The first-order valence-electron chi connectivity index (χ1n) is 8.08. The van der Waals surface area contributed by atoms with Gasteiger partial charge in [0.25, 0.3) is 0 Å². The van der Waals surface area contributed by atoms with Crippen molar-refractivity contribution < 1.29 is 9.15 Å². The van der Waals surface area contributed by atoms with E-state index in [2.05, 4.69) is 15.9 Å². The number of para-hydroxylation sites is 1. The maximum absolute atomic E-state index is 12.1. The molecule has 0 aliphatic heterocycles. The number of benzene rings is 2. The highest BCUT2D eigenvalue weighted by atomic mass is 79.9. The lowest BCUT2D eigenvalue weighted by Gasteiger charge is -2.11. The molecule has 0 radical (unpaired) electrons. The van der Waals surface area contributed by atoms with Crippen LogP contribution in [0.25, 0.3) is 10.9 Å². The Labute approximate surface area is 153 Å². The molecule has 3 rings (SSSR count). The molecule has 0 atom stereocenters. The number of rotatable bonds is 6. The van der Waals surface area contributed by atoms with Crippen molar-refractivity contribution >= 4 is 26.8 Å². The SMILES string of the molecule is Cc1cccc2c(=O)oc(=O)n(CCCCOc3ccc(Br)cc3)c12. The maximum Gasteiger partial charge on any atom is 0.422 e. The van der Waals surface area contributed by atoms with Crippen LogP contribution in [0.1, 0.15) is 18.4 Å². The number of halogens is 1. The largest absolute Gasteiger partial charge is 0.494 e. The van der Waals surface area contributed by atoms with Gasteiger partial charge in [-0.1, -0.05) is 28.1 Å². The van der Waals surface area contributed by atoms with Gasteiger partial charge in [0.2, 0.25) is 0 Å². The lowest BCUT2D eigenvalue weighted by atomic mass is 10.1. The topological polar surface area (TPSA) is 61.4 Å². The summed E-state index contributed by atoms with van der Waals surface area (Å²) in [6.07, 6.45) is 1.53. The fraction of sp³-hybridized carbons (Fsp3) is 0.263. The molecule has 5 nitrogen and oxygen atoms in total. The van der Waals surface area contributed by atoms with Gasteiger partial charge < -0.3 is 9.15 Å². The van der Waals surface area contributed by atoms with E-state index < -0.39 is 11.4 Å². The lowest BCUT2D eigenvalue weighted by molar-refractivity contribution is 0.301. The summed E-state index contributed by atoms with van der Waals surface area (Å²) in [6, 6.07) is 13.0. The van der Waals surface area contributed by atoms with Crippen LogP contribution in [0.3, 0.4) is 0 Å². The van der Waals surface area contributed by atoms with Crippen LogP contribution in [-0.2, 0) is 6.54 Å². The van der Waals surface area contributed by atoms with E-state index in [1.807, 2.05) is 37.3 Å². The smallest absolute Gasteiger partial charge is 0.422 e. The number of aryl methyl sites for hydroxylation is 2. The summed E-state index contributed by atoms with van der Waals surface area (Å²) in [6.45, 7) is 2.92. The number of ether oxygens (including phenoxy) is 1. The summed E-state index contributed by atoms with van der Waals surface area (Å²) in [4.78, 5) is 23.9. The van der Waals surface area contributed by atoms with Gasteiger partial charge in [-0.3, -0.25) is 4.57 Å². The van der Waals surface area contributed by atoms with Crippen molar-refractivity contribution in [2.24, 2.45) is 0 Å². The fourth-order valence-corrected chi connectivity index (χ4v) is 3.02. The summed E-state index contributed by atoms with van der Waals surface area (Å²) in [5.74, 6) is 0.202. The third kappa shape index (κ3) is 4.02. The molecular weight excluding hydrogens is 386 g/mol. The molecule has 0 saturated carbocycles. The Hall–Kier alpha value is -2.34. The zero-order chi connectivity index (χ0) is 17.8. The normalized spacial score (nSPS) is 11.0. The van der Waals surface area contributed by atoms with Crippen molar-refractivity contribution in [2.75, 3.05) is 6.61 Å². The number of fused-ring (bicyclic) bond motifs is 1. The van der Waals surface area contributed by atoms with E-state index >= 15 is 0 Å². The lowest BCUT2D eigenvalue weighted by Crippen LogP contribution is -2.25. The van der Waals surface area contributed by atoms with Crippen molar-refractivity contribution in [3.05, 3.63) is 73.5 Å². The molecule has 0 spiro atoms. The predicted octanol–water partition coefficient (Wildman–Crippen LogP) is 3.88. The molecule has 130 valence electrons. The molecule has 0 fully saturated rings. The number of nitrogens with zero attached hydrogens (tertiary/aromatic N) is 1. The van der Waals surface area contributed by atoms with Crippen LogP contribution in [0.15, 0.2) is 60.9 Å². The van der Waals surface area contributed by atoms with Crippen molar-refractivity contribution in [2.45, 2.75) is 26.3 Å². The molecule has 6 heteroatoms. The Kier molecular flexibility index (Phi) is 5.38. The molecule has 0 N–H and O–H groups in total. The second-order valence-corrected chi connectivity index (χ2v) is 6.70. The zero-order valence-electron chi connectivity index (χ0n) is 13.8. The minimum Gasteiger partial charge on any atom is -0.494 e. The molecule has 25 heavy (non-hydrogen) atoms. The number of aromatic nitrogens is 1. The van der Waals surface area contributed by atoms with Crippen molar-refractivity contribution in [1.82, 2.24) is 4.57 Å². The number of unbranched alkanes of at least 4 members (excludes halogenated alkanes) is 1. The first-order chi connectivity index (χ1) is 12.1. The van der Waals surface area contributed by atoms with Crippen LogP contribution >= 0.6 is 15.9 Å². The van der Waals surface area contributed by atoms with E-state index in [0.29, 0.717) is 24.1 Å². The van der Waals surface area contributed by atoms with Gasteiger partial charge in [0, 0.05) is 11.0 Å². The molecule has 1 heterocycles. The highest BCUT2D eigenvalue weighted by Gasteiger charge is 2.11. The van der Waals surface area contributed by atoms with Gasteiger partial charge in [-0.15, -0.1) is 0 Å². The highest BCUT2D eigenvalue weighted by Crippen LogP contribution is 2.17. The summed E-state index contributed by atoms with van der Waals surface area (Å²) in [5.41, 5.74) is 0.949. The Morgan fingerprint density at radius 1 is 1.08 bits per heavy atom. The molecule has 0 amide bonds. The van der Waals surface area contributed by atoms with Gasteiger partial charge in [0.15, 0.2) is 0 Å². The summed E-state index contributed by atoms with van der Waals surface area (Å²) < 4.78 is 13.0. The monoisotopic (exact) mass is 403 g/mol. The van der Waals surface area contributed by atoms with Crippen LogP contribution in [0, 0.1) is 6.92 Å². The van der Waals surface area contributed by atoms with E-state index in [1.165, 1.54) is 4.57 Å². The molecule has 0 saturated heterocycles. The Morgan fingerprint density at radius 2 is 1.84 bits per heavy atom. The number of hydrogen-bond donors (Lipinski definition) is 0. The highest BCUT2D eigenvalue weighted by molar-refractivity contribution is 9.10. The van der Waals surface area contributed by atoms with E-state index in [-0.39, 0.29) is 0 Å². The fourth-order valence-electron chi connectivity index (χ4n) is 2.76. The van der Waals surface area contributed by atoms with Gasteiger partial charge in [-0.25, -0.2) is 9.59 Å². The van der Waals surface area contributed by atoms with Gasteiger partial charge in [-0.2, -0.15) is 0 Å². The zero-order valence-corrected chi connectivity index (χ0v) is 15.4. The quantitative estimate of drug-likeness (QED) is 0.585. The van der Waals surface area contributed by atoms with E-state index in [0.717, 1.165) is 28.6 Å². The van der Waals surface area contributed by atoms with Crippen molar-refractivity contribution in [3.63, 3.8) is 0 Å². The predicted molar refractivity (Wildman–Crippen MR) is 100 cm³/mol. The maximum atomic E-state index is 12.1. The average molecular weight is 404 g/mol. The van der Waals surface area contributed by atoms with Crippen LogP contribution in [0.2, 0.25) is 0 Å². The summed E-state index contributed by atoms with van der Waals surface area (Å²) in [7, 11) is 0. The molecule has 0 aliphatic carbocycles. The molecular formula is C19H18BrNO4. The second-order valence-electron chi connectivity index (χ2n) is 5.79. The third-order valence-corrected chi connectivity index (χ3v) is 4.52. The van der Waals surface area contributed by atoms with E-state index in [4.69, 9.17) is 9.15 Å². The van der Waals surface area contributed by atoms with Crippen LogP contribution in [0.4, 0.5) is 0 Å². The van der Waals surface area contributed by atoms with Crippen LogP contribution < -0.4 is 16.1 Å². The van der Waals surface area contributed by atoms with Crippen LogP contribution in [0.5, 0.6) is 5.75 Å². The number of hydrogen-bond acceptors (Lipinski definition) is 4. The standard InChI is InChI=1S/C19H18BrNO4/c1-13-5-4-6-16-17(13)21(19(23)25-18(16)22)11-2-3-12-24-15-9-7-14(20)8-10-15/h4-10H,2-3,11-12H2,1H3. The second kappa shape index (κ2) is 7.70. The third-order valence-electron chi connectivity index (χ3n) is 3.99. The van der Waals surface area contributed by atoms with Gasteiger partial charge >= 0.3 is 11.4 Å². The average Bonchev–Trinajstić information content (AvgIpc) is 2.59. The minimum absolute atomic E-state index is 0.436. The van der Waals surface area contributed by atoms with Gasteiger partial charge in [0.1, 0.15) is 5.75 Å². The molecule has 0 unspecified atom stereocenters. The Morgan fingerprint density at radius 3 is 2.60 bits per heavy atom. The molecule has 0 aliphatic rings. The van der Waals surface area contributed by atoms with E-state index in [1.54, 1.807) is 12.1 Å².